The molecule has 0 fully saturated rings. The monoisotopic (exact) mass is 114 g/mol. The van der Waals surface area contributed by atoms with Crippen LogP contribution in [-0.4, -0.2) is 26.8 Å². The molecule has 0 radical (unpaired) electrons. The number of carbonyl (C=O) groups excluding carboxylic acids is 1. The predicted molar refractivity (Wildman–Crippen MR) is 35.4 cm³/mol. The minimum atomic E-state index is 0.0652. The highest BCUT2D eigenvalue weighted by atomic mass is 16.1. The van der Waals surface area contributed by atoms with E-state index >= 15 is 0 Å². The molecule has 0 aliphatic heterocycles. The van der Waals surface area contributed by atoms with Crippen LogP contribution in [0.4, 0.5) is 0 Å². The van der Waals surface area contributed by atoms with Crippen molar-refractivity contribution >= 4 is 13.8 Å². The fourth-order valence-electron chi connectivity index (χ4n) is 0.337. The molecule has 0 aromatic rings. The molecule has 0 rings (SSSR count). The Kier molecular flexibility index (Phi) is 4.36. The van der Waals surface area contributed by atoms with Crippen LogP contribution in [0.3, 0.4) is 0 Å². The van der Waals surface area contributed by atoms with E-state index in [1.54, 1.807) is 0 Å². The third-order valence-electron chi connectivity index (χ3n) is 0.788. The fraction of sp³-hybridized carbons (Fsp3) is 0.750. The molecule has 46 valence electrons. The summed E-state index contributed by atoms with van der Waals surface area (Å²) >= 11 is 0. The summed E-state index contributed by atoms with van der Waals surface area (Å²) in [6, 6.07) is 0. The third kappa shape index (κ3) is 3.68. The molecular weight excluding hydrogens is 103 g/mol. The zero-order valence-corrected chi connectivity index (χ0v) is 5.11. The maximum atomic E-state index is 10.4. The molecule has 3 N–H and O–H groups in total. The van der Waals surface area contributed by atoms with Gasteiger partial charge in [0.05, 0.1) is 0 Å². The summed E-state index contributed by atoms with van der Waals surface area (Å²) in [4.78, 5) is 10.4. The van der Waals surface area contributed by atoms with Gasteiger partial charge in [0.25, 0.3) is 0 Å². The number of carbonyl (C=O) groups is 1. The zero-order chi connectivity index (χ0) is 6.41. The maximum absolute atomic E-state index is 10.4. The fourth-order valence-corrected chi connectivity index (χ4v) is 0.337. The lowest BCUT2D eigenvalue weighted by molar-refractivity contribution is -0.118. The number of hydrogen-bond acceptors (Lipinski definition) is 2. The van der Waals surface area contributed by atoms with Crippen molar-refractivity contribution in [2.45, 2.75) is 6.32 Å². The number of hydrogen-bond donors (Lipinski definition) is 2. The van der Waals surface area contributed by atoms with E-state index in [1.807, 2.05) is 7.85 Å². The second-order valence-electron chi connectivity index (χ2n) is 1.49. The van der Waals surface area contributed by atoms with Gasteiger partial charge in [0.2, 0.25) is 5.91 Å². The van der Waals surface area contributed by atoms with Crippen LogP contribution in [0.15, 0.2) is 0 Å². The average Bonchev–Trinajstić information content (AvgIpc) is 1.83. The molecule has 0 saturated heterocycles. The van der Waals surface area contributed by atoms with Crippen molar-refractivity contribution in [2.75, 3.05) is 13.1 Å². The number of nitrogens with two attached hydrogens (primary N) is 1. The summed E-state index contributed by atoms with van der Waals surface area (Å²) in [6.45, 7) is 1.11. The van der Waals surface area contributed by atoms with Crippen LogP contribution in [0.5, 0.6) is 0 Å². The molecule has 0 saturated carbocycles. The Hall–Kier alpha value is -0.505. The van der Waals surface area contributed by atoms with Gasteiger partial charge in [-0.25, -0.2) is 0 Å². The third-order valence-corrected chi connectivity index (χ3v) is 0.788. The van der Waals surface area contributed by atoms with Crippen molar-refractivity contribution in [1.82, 2.24) is 5.32 Å². The standard InChI is InChI=1S/C4H11BN2O/c5-3-4(8)7-2-1-6/h1-3,5-6H2,(H,7,8). The summed E-state index contributed by atoms with van der Waals surface area (Å²) in [5, 5.41) is 2.62. The van der Waals surface area contributed by atoms with Crippen molar-refractivity contribution in [1.29, 1.82) is 0 Å². The van der Waals surface area contributed by atoms with E-state index in [-0.39, 0.29) is 5.91 Å². The molecular formula is C4H11BN2O. The van der Waals surface area contributed by atoms with Gasteiger partial charge in [0, 0.05) is 13.1 Å². The van der Waals surface area contributed by atoms with E-state index < -0.39 is 0 Å². The highest BCUT2D eigenvalue weighted by Crippen LogP contribution is 1.67. The van der Waals surface area contributed by atoms with Crippen LogP contribution in [0.1, 0.15) is 0 Å². The summed E-state index contributed by atoms with van der Waals surface area (Å²) in [5.41, 5.74) is 5.12. The van der Waals surface area contributed by atoms with E-state index in [0.717, 1.165) is 0 Å². The van der Waals surface area contributed by atoms with E-state index in [0.29, 0.717) is 19.4 Å². The SMILES string of the molecule is BCC(=O)NCCN. The topological polar surface area (TPSA) is 55.1 Å². The Morgan fingerprint density at radius 1 is 1.75 bits per heavy atom. The molecule has 0 aliphatic carbocycles. The Labute approximate surface area is 50.0 Å². The summed E-state index contributed by atoms with van der Waals surface area (Å²) in [7, 11) is 1.81. The van der Waals surface area contributed by atoms with Gasteiger partial charge in [0.1, 0.15) is 7.85 Å². The van der Waals surface area contributed by atoms with E-state index in [1.165, 1.54) is 0 Å². The minimum Gasteiger partial charge on any atom is -0.355 e. The van der Waals surface area contributed by atoms with Crippen LogP contribution >= 0.6 is 0 Å². The van der Waals surface area contributed by atoms with Crippen LogP contribution in [-0.2, 0) is 4.79 Å². The van der Waals surface area contributed by atoms with Crippen LogP contribution < -0.4 is 11.1 Å². The summed E-state index contributed by atoms with van der Waals surface area (Å²) in [6.07, 6.45) is 0.542. The predicted octanol–water partition coefficient (Wildman–Crippen LogP) is -1.89. The first-order valence-corrected chi connectivity index (χ1v) is 2.78. The molecule has 0 spiro atoms. The van der Waals surface area contributed by atoms with Gasteiger partial charge in [-0.05, 0) is 6.32 Å². The van der Waals surface area contributed by atoms with Gasteiger partial charge < -0.3 is 11.1 Å². The van der Waals surface area contributed by atoms with Gasteiger partial charge in [0.15, 0.2) is 0 Å². The molecule has 0 aromatic carbocycles. The van der Waals surface area contributed by atoms with Gasteiger partial charge >= 0.3 is 0 Å². The number of rotatable bonds is 3. The Morgan fingerprint density at radius 3 is 2.75 bits per heavy atom. The first-order valence-electron chi connectivity index (χ1n) is 2.78. The highest BCUT2D eigenvalue weighted by molar-refractivity contribution is 6.19. The maximum Gasteiger partial charge on any atom is 0.212 e. The van der Waals surface area contributed by atoms with Crippen LogP contribution in [0.2, 0.25) is 6.32 Å². The zero-order valence-electron chi connectivity index (χ0n) is 5.11. The van der Waals surface area contributed by atoms with E-state index in [4.69, 9.17) is 5.73 Å². The molecule has 3 nitrogen and oxygen atoms in total. The first-order chi connectivity index (χ1) is 3.81. The first kappa shape index (κ1) is 7.49. The molecule has 0 unspecified atom stereocenters. The van der Waals surface area contributed by atoms with Crippen LogP contribution in [0.25, 0.3) is 0 Å². The highest BCUT2D eigenvalue weighted by Gasteiger charge is 1.90. The lowest BCUT2D eigenvalue weighted by atomic mass is 10.1. The normalized spacial score (nSPS) is 8.62. The lowest BCUT2D eigenvalue weighted by Crippen LogP contribution is -2.28. The van der Waals surface area contributed by atoms with Crippen molar-refractivity contribution in [2.24, 2.45) is 5.73 Å². The van der Waals surface area contributed by atoms with Gasteiger partial charge in [-0.2, -0.15) is 0 Å². The molecule has 8 heavy (non-hydrogen) atoms. The van der Waals surface area contributed by atoms with Gasteiger partial charge in [-0.15, -0.1) is 0 Å². The Balaban J connectivity index is 2.99. The number of nitrogens with one attached hydrogen (secondary N) is 1. The Bertz CT molecular complexity index is 76.4. The second kappa shape index (κ2) is 4.65. The van der Waals surface area contributed by atoms with Gasteiger partial charge in [-0.1, -0.05) is 0 Å². The molecule has 0 aromatic heterocycles. The van der Waals surface area contributed by atoms with E-state index in [9.17, 15) is 4.79 Å². The molecule has 0 bridgehead atoms. The molecule has 0 heterocycles. The average molecular weight is 114 g/mol. The summed E-state index contributed by atoms with van der Waals surface area (Å²) in [5.74, 6) is 0.0652. The summed E-state index contributed by atoms with van der Waals surface area (Å²) < 4.78 is 0. The van der Waals surface area contributed by atoms with Gasteiger partial charge in [-0.3, -0.25) is 4.79 Å². The van der Waals surface area contributed by atoms with Crippen molar-refractivity contribution < 1.29 is 4.79 Å². The quantitative estimate of drug-likeness (QED) is 0.421. The van der Waals surface area contributed by atoms with Crippen LogP contribution in [0, 0.1) is 0 Å². The minimum absolute atomic E-state index is 0.0652. The van der Waals surface area contributed by atoms with Crippen molar-refractivity contribution in [3.63, 3.8) is 0 Å². The Morgan fingerprint density at radius 2 is 2.38 bits per heavy atom. The lowest BCUT2D eigenvalue weighted by Gasteiger charge is -1.97. The van der Waals surface area contributed by atoms with Crippen molar-refractivity contribution in [3.05, 3.63) is 0 Å². The second-order valence-corrected chi connectivity index (χ2v) is 1.49. The van der Waals surface area contributed by atoms with E-state index in [2.05, 4.69) is 5.32 Å². The molecule has 1 amide bonds. The number of amides is 1. The van der Waals surface area contributed by atoms with Crippen molar-refractivity contribution in [3.8, 4) is 0 Å². The molecule has 0 aliphatic rings. The molecule has 4 heteroatoms. The smallest absolute Gasteiger partial charge is 0.212 e. The largest absolute Gasteiger partial charge is 0.355 e. The molecule has 0 atom stereocenters.